The van der Waals surface area contributed by atoms with Crippen LogP contribution in [0.15, 0.2) is 41.4 Å². The molecule has 5 N–H and O–H groups in total. The Kier molecular flexibility index (Phi) is 7.86. The molecular weight excluding hydrogens is 502 g/mol. The molecule has 0 aliphatic heterocycles. The lowest BCUT2D eigenvalue weighted by atomic mass is 9.74. The standard InChI is InChI=1S/C20H23N5O6S3/c1-3-16-23-15(10-32-16)20(19(21)27,24-17-9-22-11-33-17)14(8-18(26)31-2)12-4-6-13(7-5-12)25-34(28,29)30/h4-7,9-11,14,24-25H,3,8H2,1-2H3,(H2,21,27)(H,28,29,30). The fourth-order valence-electron chi connectivity index (χ4n) is 3.52. The van der Waals surface area contributed by atoms with Crippen molar-refractivity contribution < 1.29 is 27.3 Å². The third-order valence-corrected chi connectivity index (χ3v) is 7.26. The number of rotatable bonds is 11. The molecule has 182 valence electrons. The highest BCUT2D eigenvalue weighted by molar-refractivity contribution is 7.87. The average Bonchev–Trinajstić information content (AvgIpc) is 3.47. The van der Waals surface area contributed by atoms with Crippen molar-refractivity contribution in [3.63, 3.8) is 0 Å². The smallest absolute Gasteiger partial charge is 0.357 e. The van der Waals surface area contributed by atoms with E-state index in [1.807, 2.05) is 11.6 Å². The summed E-state index contributed by atoms with van der Waals surface area (Å²) in [5.74, 6) is -2.26. The number of ether oxygens (including phenoxy) is 1. The largest absolute Gasteiger partial charge is 0.469 e. The minimum atomic E-state index is -4.48. The molecule has 2 heterocycles. The van der Waals surface area contributed by atoms with Crippen LogP contribution < -0.4 is 15.8 Å². The van der Waals surface area contributed by atoms with E-state index in [4.69, 9.17) is 15.0 Å². The van der Waals surface area contributed by atoms with Crippen LogP contribution in [-0.4, -0.2) is 41.9 Å². The van der Waals surface area contributed by atoms with Gasteiger partial charge in [-0.05, 0) is 24.1 Å². The third-order valence-electron chi connectivity index (χ3n) is 5.08. The molecule has 2 atom stereocenters. The summed E-state index contributed by atoms with van der Waals surface area (Å²) in [4.78, 5) is 34.3. The molecular formula is C20H23N5O6S3. The van der Waals surface area contributed by atoms with Gasteiger partial charge >= 0.3 is 16.3 Å². The number of nitrogens with two attached hydrogens (primary N) is 1. The molecule has 0 radical (unpaired) electrons. The Morgan fingerprint density at radius 2 is 1.97 bits per heavy atom. The van der Waals surface area contributed by atoms with E-state index in [0.717, 1.165) is 5.01 Å². The van der Waals surface area contributed by atoms with E-state index in [2.05, 4.69) is 15.3 Å². The van der Waals surface area contributed by atoms with Gasteiger partial charge in [-0.2, -0.15) is 8.42 Å². The first-order valence-corrected chi connectivity index (χ1v) is 13.1. The van der Waals surface area contributed by atoms with Crippen molar-refractivity contribution in [2.24, 2.45) is 5.73 Å². The molecule has 0 saturated carbocycles. The van der Waals surface area contributed by atoms with Crippen molar-refractivity contribution in [1.82, 2.24) is 9.97 Å². The number of anilines is 2. The van der Waals surface area contributed by atoms with Crippen LogP contribution in [0.4, 0.5) is 10.7 Å². The third kappa shape index (κ3) is 5.70. The van der Waals surface area contributed by atoms with Gasteiger partial charge in [0.25, 0.3) is 0 Å². The summed E-state index contributed by atoms with van der Waals surface area (Å²) in [6.07, 6.45) is 1.93. The maximum absolute atomic E-state index is 13.2. The van der Waals surface area contributed by atoms with E-state index < -0.39 is 33.6 Å². The second kappa shape index (κ2) is 10.5. The summed E-state index contributed by atoms with van der Waals surface area (Å²) >= 11 is 2.61. The number of primary amides is 1. The number of thiazole rings is 2. The summed E-state index contributed by atoms with van der Waals surface area (Å²) in [6.45, 7) is 1.93. The van der Waals surface area contributed by atoms with E-state index in [0.29, 0.717) is 22.7 Å². The van der Waals surface area contributed by atoms with Gasteiger partial charge in [-0.3, -0.25) is 23.8 Å². The minimum Gasteiger partial charge on any atom is -0.469 e. The number of hydrogen-bond acceptors (Lipinski definition) is 10. The number of nitrogens with zero attached hydrogens (tertiary/aromatic N) is 2. The number of carbonyl (C=O) groups excluding carboxylic acids is 2. The Morgan fingerprint density at radius 3 is 2.47 bits per heavy atom. The highest BCUT2D eigenvalue weighted by atomic mass is 32.2. The number of carbonyl (C=O) groups is 2. The van der Waals surface area contributed by atoms with Crippen LogP contribution in [0.5, 0.6) is 0 Å². The summed E-state index contributed by atoms with van der Waals surface area (Å²) in [7, 11) is -3.24. The van der Waals surface area contributed by atoms with E-state index in [1.54, 1.807) is 10.9 Å². The molecule has 34 heavy (non-hydrogen) atoms. The summed E-state index contributed by atoms with van der Waals surface area (Å²) in [5, 5.41) is 6.20. The quantitative estimate of drug-likeness (QED) is 0.217. The van der Waals surface area contributed by atoms with Crippen molar-refractivity contribution in [3.05, 3.63) is 57.6 Å². The highest BCUT2D eigenvalue weighted by Gasteiger charge is 2.50. The maximum atomic E-state index is 13.2. The van der Waals surface area contributed by atoms with Crippen LogP contribution in [0.3, 0.4) is 0 Å². The van der Waals surface area contributed by atoms with Crippen molar-refractivity contribution in [2.75, 3.05) is 17.1 Å². The normalized spacial score (nSPS) is 14.1. The van der Waals surface area contributed by atoms with Gasteiger partial charge in [-0.1, -0.05) is 19.1 Å². The predicted octanol–water partition coefficient (Wildman–Crippen LogP) is 2.52. The fraction of sp³-hybridized carbons (Fsp3) is 0.300. The second-order valence-electron chi connectivity index (χ2n) is 7.17. The summed E-state index contributed by atoms with van der Waals surface area (Å²) in [6, 6.07) is 5.84. The molecule has 3 rings (SSSR count). The number of aromatic nitrogens is 2. The van der Waals surface area contributed by atoms with Crippen molar-refractivity contribution >= 4 is 55.5 Å². The van der Waals surface area contributed by atoms with Gasteiger partial charge < -0.3 is 15.8 Å². The van der Waals surface area contributed by atoms with Crippen molar-refractivity contribution in [3.8, 4) is 0 Å². The molecule has 0 aliphatic carbocycles. The number of benzene rings is 1. The average molecular weight is 526 g/mol. The number of nitrogens with one attached hydrogen (secondary N) is 2. The number of amides is 1. The van der Waals surface area contributed by atoms with Crippen LogP contribution in [0.2, 0.25) is 0 Å². The number of methoxy groups -OCH3 is 1. The second-order valence-corrected chi connectivity index (χ2v) is 10.2. The van der Waals surface area contributed by atoms with Crippen LogP contribution >= 0.6 is 22.7 Å². The van der Waals surface area contributed by atoms with Crippen LogP contribution in [0.1, 0.15) is 35.5 Å². The first-order chi connectivity index (χ1) is 16.1. The molecule has 14 heteroatoms. The molecule has 0 aliphatic rings. The predicted molar refractivity (Wildman–Crippen MR) is 129 cm³/mol. The van der Waals surface area contributed by atoms with Gasteiger partial charge in [-0.25, -0.2) is 4.98 Å². The zero-order chi connectivity index (χ0) is 24.9. The fourth-order valence-corrected chi connectivity index (χ4v) is 5.33. The minimum absolute atomic E-state index is 0.0880. The molecule has 0 saturated heterocycles. The number of hydrogen-bond donors (Lipinski definition) is 4. The number of aryl methyl sites for hydroxylation is 1. The monoisotopic (exact) mass is 525 g/mol. The molecule has 1 aromatic carbocycles. The van der Waals surface area contributed by atoms with Crippen molar-refractivity contribution in [2.45, 2.75) is 31.2 Å². The van der Waals surface area contributed by atoms with Crippen LogP contribution in [-0.2, 0) is 36.6 Å². The van der Waals surface area contributed by atoms with Gasteiger partial charge in [0.15, 0.2) is 5.54 Å². The van der Waals surface area contributed by atoms with Crippen LogP contribution in [0.25, 0.3) is 0 Å². The Morgan fingerprint density at radius 1 is 1.26 bits per heavy atom. The van der Waals surface area contributed by atoms with E-state index in [1.165, 1.54) is 60.2 Å². The Bertz CT molecular complexity index is 1240. The first-order valence-electron chi connectivity index (χ1n) is 9.92. The van der Waals surface area contributed by atoms with Gasteiger partial charge in [0.2, 0.25) is 5.91 Å². The van der Waals surface area contributed by atoms with Gasteiger partial charge in [-0.15, -0.1) is 22.7 Å². The maximum Gasteiger partial charge on any atom is 0.357 e. The lowest BCUT2D eigenvalue weighted by Crippen LogP contribution is -2.53. The molecule has 3 aromatic rings. The molecule has 2 aromatic heterocycles. The van der Waals surface area contributed by atoms with Gasteiger partial charge in [0.05, 0.1) is 41.6 Å². The topological polar surface area (TPSA) is 174 Å². The zero-order valence-corrected chi connectivity index (χ0v) is 20.7. The molecule has 0 spiro atoms. The summed E-state index contributed by atoms with van der Waals surface area (Å²) in [5.41, 5.74) is 6.83. The number of esters is 1. The van der Waals surface area contributed by atoms with E-state index in [-0.39, 0.29) is 12.1 Å². The Hall–Kier alpha value is -3.07. The highest BCUT2D eigenvalue weighted by Crippen LogP contribution is 2.43. The zero-order valence-electron chi connectivity index (χ0n) is 18.2. The Balaban J connectivity index is 2.20. The molecule has 1 amide bonds. The SMILES string of the molecule is CCc1nc(C(Nc2cncs2)(C(N)=O)C(CC(=O)OC)c2ccc(NS(=O)(=O)O)cc2)cs1. The lowest BCUT2D eigenvalue weighted by Gasteiger charge is -2.38. The van der Waals surface area contributed by atoms with Gasteiger partial charge in [0.1, 0.15) is 5.00 Å². The van der Waals surface area contributed by atoms with E-state index in [9.17, 15) is 18.0 Å². The van der Waals surface area contributed by atoms with Crippen LogP contribution in [0, 0.1) is 0 Å². The molecule has 11 nitrogen and oxygen atoms in total. The summed E-state index contributed by atoms with van der Waals surface area (Å²) < 4.78 is 38.2. The van der Waals surface area contributed by atoms with Crippen molar-refractivity contribution in [1.29, 1.82) is 0 Å². The Labute approximate surface area is 204 Å². The van der Waals surface area contributed by atoms with Gasteiger partial charge in [0, 0.05) is 11.3 Å². The molecule has 0 fully saturated rings. The first kappa shape index (κ1) is 25.6. The molecule has 2 unspecified atom stereocenters. The molecule has 0 bridgehead atoms. The van der Waals surface area contributed by atoms with E-state index >= 15 is 0 Å². The lowest BCUT2D eigenvalue weighted by molar-refractivity contribution is -0.141.